The Morgan fingerprint density at radius 1 is 1.08 bits per heavy atom. The standard InChI is InChI=1S/C21H26N2O2/c1-15-10-11-19(16(2)12-15)14-23(4)21(25)13-20(22-17(3)24)18-8-6-5-7-9-18/h5-12,20H,13-14H2,1-4H3,(H,22,24)/t20-/m0/s1. The Hall–Kier alpha value is -2.62. The molecule has 0 aromatic heterocycles. The summed E-state index contributed by atoms with van der Waals surface area (Å²) in [6.07, 6.45) is 0.241. The van der Waals surface area contributed by atoms with Crippen LogP contribution in [0.1, 0.15) is 41.6 Å². The zero-order chi connectivity index (χ0) is 18.4. The predicted octanol–water partition coefficient (Wildman–Crippen LogP) is 3.53. The summed E-state index contributed by atoms with van der Waals surface area (Å²) in [4.78, 5) is 25.9. The summed E-state index contributed by atoms with van der Waals surface area (Å²) in [5, 5.41) is 2.88. The lowest BCUT2D eigenvalue weighted by molar-refractivity contribution is -0.131. The van der Waals surface area contributed by atoms with Crippen LogP contribution >= 0.6 is 0 Å². The first kappa shape index (κ1) is 18.7. The largest absolute Gasteiger partial charge is 0.349 e. The molecule has 132 valence electrons. The molecule has 0 radical (unpaired) electrons. The minimum absolute atomic E-state index is 0.00239. The molecule has 0 aliphatic carbocycles. The number of nitrogens with zero attached hydrogens (tertiary/aromatic N) is 1. The first-order valence-corrected chi connectivity index (χ1v) is 8.49. The van der Waals surface area contributed by atoms with Gasteiger partial charge in [-0.05, 0) is 30.5 Å². The van der Waals surface area contributed by atoms with Crippen molar-refractivity contribution in [2.45, 2.75) is 39.8 Å². The van der Waals surface area contributed by atoms with Gasteiger partial charge in [-0.25, -0.2) is 0 Å². The molecule has 2 aromatic carbocycles. The SMILES string of the molecule is CC(=O)N[C@@H](CC(=O)N(C)Cc1ccc(C)cc1C)c1ccccc1. The van der Waals surface area contributed by atoms with E-state index in [0.717, 1.165) is 11.1 Å². The van der Waals surface area contributed by atoms with Crippen molar-refractivity contribution in [2.75, 3.05) is 7.05 Å². The van der Waals surface area contributed by atoms with Gasteiger partial charge in [0.2, 0.25) is 11.8 Å². The minimum atomic E-state index is -0.312. The van der Waals surface area contributed by atoms with Crippen molar-refractivity contribution in [1.82, 2.24) is 10.2 Å². The molecule has 1 N–H and O–H groups in total. The van der Waals surface area contributed by atoms with Gasteiger partial charge in [-0.2, -0.15) is 0 Å². The van der Waals surface area contributed by atoms with Gasteiger partial charge in [-0.15, -0.1) is 0 Å². The Bertz CT molecular complexity index is 741. The molecule has 2 aromatic rings. The molecule has 25 heavy (non-hydrogen) atoms. The van der Waals surface area contributed by atoms with Crippen molar-refractivity contribution < 1.29 is 9.59 Å². The zero-order valence-electron chi connectivity index (χ0n) is 15.4. The van der Waals surface area contributed by atoms with Crippen molar-refractivity contribution in [2.24, 2.45) is 0 Å². The number of carbonyl (C=O) groups excluding carboxylic acids is 2. The maximum absolute atomic E-state index is 12.7. The van der Waals surface area contributed by atoms with E-state index in [0.29, 0.717) is 6.54 Å². The smallest absolute Gasteiger partial charge is 0.225 e. The lowest BCUT2D eigenvalue weighted by Crippen LogP contribution is -2.33. The van der Waals surface area contributed by atoms with E-state index in [2.05, 4.69) is 37.4 Å². The average molecular weight is 338 g/mol. The van der Waals surface area contributed by atoms with Crippen LogP contribution in [0.15, 0.2) is 48.5 Å². The molecule has 4 heteroatoms. The lowest BCUT2D eigenvalue weighted by atomic mass is 10.0. The van der Waals surface area contributed by atoms with Crippen LogP contribution in [-0.2, 0) is 16.1 Å². The molecule has 2 rings (SSSR count). The first-order chi connectivity index (χ1) is 11.9. The van der Waals surface area contributed by atoms with Gasteiger partial charge in [0.15, 0.2) is 0 Å². The predicted molar refractivity (Wildman–Crippen MR) is 100 cm³/mol. The highest BCUT2D eigenvalue weighted by molar-refractivity contribution is 5.79. The Kier molecular flexibility index (Phi) is 6.34. The quantitative estimate of drug-likeness (QED) is 0.876. The van der Waals surface area contributed by atoms with Crippen LogP contribution in [0.4, 0.5) is 0 Å². The van der Waals surface area contributed by atoms with Crippen LogP contribution in [0.3, 0.4) is 0 Å². The topological polar surface area (TPSA) is 49.4 Å². The highest BCUT2D eigenvalue weighted by atomic mass is 16.2. The molecule has 2 amide bonds. The van der Waals surface area contributed by atoms with Crippen molar-refractivity contribution in [3.63, 3.8) is 0 Å². The lowest BCUT2D eigenvalue weighted by Gasteiger charge is -2.23. The first-order valence-electron chi connectivity index (χ1n) is 8.49. The number of rotatable bonds is 6. The summed E-state index contributed by atoms with van der Waals surface area (Å²) in [6, 6.07) is 15.5. The van der Waals surface area contributed by atoms with E-state index < -0.39 is 0 Å². The molecule has 0 bridgehead atoms. The minimum Gasteiger partial charge on any atom is -0.349 e. The normalized spacial score (nSPS) is 11.7. The summed E-state index contributed by atoms with van der Waals surface area (Å²) in [5.74, 6) is -0.138. The van der Waals surface area contributed by atoms with E-state index >= 15 is 0 Å². The number of hydrogen-bond donors (Lipinski definition) is 1. The monoisotopic (exact) mass is 338 g/mol. The number of nitrogens with one attached hydrogen (secondary N) is 1. The summed E-state index contributed by atoms with van der Waals surface area (Å²) < 4.78 is 0. The number of aryl methyl sites for hydroxylation is 2. The molecule has 0 spiro atoms. The van der Waals surface area contributed by atoms with Gasteiger partial charge in [-0.1, -0.05) is 54.1 Å². The molecule has 4 nitrogen and oxygen atoms in total. The van der Waals surface area contributed by atoms with E-state index in [4.69, 9.17) is 0 Å². The Morgan fingerprint density at radius 2 is 1.76 bits per heavy atom. The Morgan fingerprint density at radius 3 is 2.36 bits per heavy atom. The van der Waals surface area contributed by atoms with E-state index in [9.17, 15) is 9.59 Å². The van der Waals surface area contributed by atoms with E-state index in [-0.39, 0.29) is 24.3 Å². The molecule has 0 fully saturated rings. The second-order valence-corrected chi connectivity index (χ2v) is 6.55. The van der Waals surface area contributed by atoms with Gasteiger partial charge >= 0.3 is 0 Å². The van der Waals surface area contributed by atoms with Gasteiger partial charge in [0.05, 0.1) is 12.5 Å². The van der Waals surface area contributed by atoms with Crippen molar-refractivity contribution in [1.29, 1.82) is 0 Å². The summed E-state index contributed by atoms with van der Waals surface area (Å²) in [7, 11) is 1.80. The van der Waals surface area contributed by atoms with Crippen LogP contribution in [-0.4, -0.2) is 23.8 Å². The number of amides is 2. The third-order valence-electron chi connectivity index (χ3n) is 4.29. The van der Waals surface area contributed by atoms with Crippen LogP contribution in [0.2, 0.25) is 0 Å². The number of carbonyl (C=O) groups is 2. The summed E-state index contributed by atoms with van der Waals surface area (Å²) >= 11 is 0. The maximum atomic E-state index is 12.7. The van der Waals surface area contributed by atoms with Gasteiger partial charge in [0.1, 0.15) is 0 Å². The summed E-state index contributed by atoms with van der Waals surface area (Å²) in [5.41, 5.74) is 4.47. The Balaban J connectivity index is 2.07. The van der Waals surface area contributed by atoms with Crippen molar-refractivity contribution in [3.05, 3.63) is 70.8 Å². The summed E-state index contributed by atoms with van der Waals surface area (Å²) in [6.45, 7) is 6.15. The third kappa shape index (κ3) is 5.45. The van der Waals surface area contributed by atoms with E-state index in [1.54, 1.807) is 11.9 Å². The van der Waals surface area contributed by atoms with Crippen molar-refractivity contribution in [3.8, 4) is 0 Å². The fourth-order valence-electron chi connectivity index (χ4n) is 2.88. The van der Waals surface area contributed by atoms with Gasteiger partial charge in [0.25, 0.3) is 0 Å². The fourth-order valence-corrected chi connectivity index (χ4v) is 2.88. The second-order valence-electron chi connectivity index (χ2n) is 6.55. The van der Waals surface area contributed by atoms with Crippen LogP contribution in [0.5, 0.6) is 0 Å². The van der Waals surface area contributed by atoms with Crippen LogP contribution < -0.4 is 5.32 Å². The fraction of sp³-hybridized carbons (Fsp3) is 0.333. The Labute approximate surface area is 149 Å². The van der Waals surface area contributed by atoms with Crippen molar-refractivity contribution >= 4 is 11.8 Å². The highest BCUT2D eigenvalue weighted by Crippen LogP contribution is 2.19. The molecule has 0 saturated carbocycles. The maximum Gasteiger partial charge on any atom is 0.225 e. The number of benzene rings is 2. The molecule has 0 aliphatic heterocycles. The van der Waals surface area contributed by atoms with Crippen LogP contribution in [0, 0.1) is 13.8 Å². The van der Waals surface area contributed by atoms with Crippen LogP contribution in [0.25, 0.3) is 0 Å². The average Bonchev–Trinajstić information content (AvgIpc) is 2.57. The molecule has 1 atom stereocenters. The van der Waals surface area contributed by atoms with Gasteiger partial charge < -0.3 is 10.2 Å². The van der Waals surface area contributed by atoms with Gasteiger partial charge in [0, 0.05) is 20.5 Å². The molecule has 0 aliphatic rings. The molecule has 0 saturated heterocycles. The zero-order valence-corrected chi connectivity index (χ0v) is 15.4. The van der Waals surface area contributed by atoms with Gasteiger partial charge in [-0.3, -0.25) is 9.59 Å². The number of hydrogen-bond acceptors (Lipinski definition) is 2. The highest BCUT2D eigenvalue weighted by Gasteiger charge is 2.19. The molecule has 0 heterocycles. The molecule has 0 unspecified atom stereocenters. The third-order valence-corrected chi connectivity index (χ3v) is 4.29. The van der Waals surface area contributed by atoms with E-state index in [1.165, 1.54) is 18.1 Å². The second kappa shape index (κ2) is 8.47. The molecular formula is C21H26N2O2. The molecular weight excluding hydrogens is 312 g/mol. The van der Waals surface area contributed by atoms with E-state index in [1.807, 2.05) is 30.3 Å².